The largest absolute Gasteiger partial charge is 0.372 e. The molecule has 0 amide bonds. The fourth-order valence-corrected chi connectivity index (χ4v) is 3.88. The van der Waals surface area contributed by atoms with Crippen molar-refractivity contribution in [2.45, 2.75) is 38.1 Å². The van der Waals surface area contributed by atoms with Gasteiger partial charge in [0.2, 0.25) is 5.95 Å². The lowest BCUT2D eigenvalue weighted by molar-refractivity contribution is -0.148. The van der Waals surface area contributed by atoms with Crippen molar-refractivity contribution in [3.05, 3.63) is 34.3 Å². The third-order valence-corrected chi connectivity index (χ3v) is 5.25. The highest BCUT2D eigenvalue weighted by atomic mass is 32.1. The number of thiazole rings is 1. The summed E-state index contributed by atoms with van der Waals surface area (Å²) in [6, 6.07) is 0. The third kappa shape index (κ3) is 3.26. The summed E-state index contributed by atoms with van der Waals surface area (Å²) in [5, 5.41) is 3.10. The minimum absolute atomic E-state index is 0.178. The topological polar surface area (TPSA) is 60.4 Å². The van der Waals surface area contributed by atoms with E-state index < -0.39 is 5.82 Å². The average Bonchev–Trinajstić information content (AvgIpc) is 2.97. The zero-order chi connectivity index (χ0) is 16.6. The van der Waals surface area contributed by atoms with E-state index >= 15 is 0 Å². The molecule has 0 unspecified atom stereocenters. The monoisotopic (exact) mass is 350 g/mol. The minimum atomic E-state index is -0.423. The van der Waals surface area contributed by atoms with E-state index in [9.17, 15) is 4.39 Å². The Bertz CT molecular complexity index is 702. The van der Waals surface area contributed by atoms with E-state index in [2.05, 4.69) is 15.0 Å². The van der Waals surface area contributed by atoms with E-state index in [1.807, 2.05) is 17.2 Å². The lowest BCUT2D eigenvalue weighted by atomic mass is 9.85. The molecule has 8 heteroatoms. The van der Waals surface area contributed by atoms with Gasteiger partial charge in [0.25, 0.3) is 0 Å². The summed E-state index contributed by atoms with van der Waals surface area (Å²) in [4.78, 5) is 14.5. The van der Waals surface area contributed by atoms with Gasteiger partial charge in [-0.05, 0) is 13.3 Å². The number of hydrogen-bond donors (Lipinski definition) is 0. The second-order valence-electron chi connectivity index (χ2n) is 6.37. The van der Waals surface area contributed by atoms with Gasteiger partial charge < -0.3 is 14.4 Å². The van der Waals surface area contributed by atoms with Crippen LogP contribution in [0.25, 0.3) is 0 Å². The Hall–Kier alpha value is -1.64. The van der Waals surface area contributed by atoms with Gasteiger partial charge in [-0.3, -0.25) is 0 Å². The maximum Gasteiger partial charge on any atom is 0.225 e. The van der Waals surface area contributed by atoms with Gasteiger partial charge in [0, 0.05) is 18.4 Å². The number of ether oxygens (including phenoxy) is 2. The summed E-state index contributed by atoms with van der Waals surface area (Å²) in [6.07, 6.45) is 4.32. The van der Waals surface area contributed by atoms with Crippen LogP contribution in [0.1, 0.15) is 23.5 Å². The molecule has 24 heavy (non-hydrogen) atoms. The van der Waals surface area contributed by atoms with E-state index in [-0.39, 0.29) is 11.7 Å². The molecule has 0 aromatic carbocycles. The van der Waals surface area contributed by atoms with Gasteiger partial charge in [0.15, 0.2) is 5.82 Å². The molecule has 2 aromatic rings. The Morgan fingerprint density at radius 3 is 2.92 bits per heavy atom. The normalized spacial score (nSPS) is 22.6. The second kappa shape index (κ2) is 6.34. The van der Waals surface area contributed by atoms with Gasteiger partial charge in [0.1, 0.15) is 5.60 Å². The molecule has 2 fully saturated rings. The first-order valence-electron chi connectivity index (χ1n) is 8.01. The molecule has 0 radical (unpaired) electrons. The second-order valence-corrected chi connectivity index (χ2v) is 7.43. The third-order valence-electron chi connectivity index (χ3n) is 4.43. The Morgan fingerprint density at radius 1 is 1.42 bits per heavy atom. The number of anilines is 1. The van der Waals surface area contributed by atoms with Crippen LogP contribution in [0.3, 0.4) is 0 Å². The molecule has 128 valence electrons. The Labute approximate surface area is 143 Å². The zero-order valence-electron chi connectivity index (χ0n) is 13.4. The first kappa shape index (κ1) is 15.9. The van der Waals surface area contributed by atoms with Crippen molar-refractivity contribution in [1.82, 2.24) is 15.0 Å². The van der Waals surface area contributed by atoms with Crippen molar-refractivity contribution in [3.8, 4) is 0 Å². The molecule has 4 rings (SSSR count). The summed E-state index contributed by atoms with van der Waals surface area (Å²) in [6.45, 7) is 4.68. The number of hydrogen-bond acceptors (Lipinski definition) is 7. The lowest BCUT2D eigenvalue weighted by Crippen LogP contribution is -2.66. The van der Waals surface area contributed by atoms with E-state index in [4.69, 9.17) is 9.47 Å². The van der Waals surface area contributed by atoms with Crippen LogP contribution in [0.15, 0.2) is 17.8 Å². The number of nitrogens with zero attached hydrogens (tertiary/aromatic N) is 4. The van der Waals surface area contributed by atoms with Gasteiger partial charge in [-0.15, -0.1) is 11.3 Å². The maximum absolute atomic E-state index is 12.9. The predicted molar refractivity (Wildman–Crippen MR) is 87.5 cm³/mol. The van der Waals surface area contributed by atoms with Crippen LogP contribution in [0.5, 0.6) is 0 Å². The van der Waals surface area contributed by atoms with E-state index in [1.54, 1.807) is 11.3 Å². The number of rotatable bonds is 4. The van der Waals surface area contributed by atoms with Crippen molar-refractivity contribution in [1.29, 1.82) is 0 Å². The van der Waals surface area contributed by atoms with Crippen LogP contribution in [-0.2, 0) is 16.1 Å². The van der Waals surface area contributed by atoms with Crippen LogP contribution < -0.4 is 4.90 Å². The first-order valence-corrected chi connectivity index (χ1v) is 8.89. The molecule has 1 atom stereocenters. The van der Waals surface area contributed by atoms with Crippen molar-refractivity contribution in [2.75, 3.05) is 24.6 Å². The molecular weight excluding hydrogens is 331 g/mol. The van der Waals surface area contributed by atoms with Gasteiger partial charge in [-0.1, -0.05) is 0 Å². The van der Waals surface area contributed by atoms with Gasteiger partial charge in [-0.2, -0.15) is 0 Å². The summed E-state index contributed by atoms with van der Waals surface area (Å²) < 4.78 is 24.9. The molecule has 0 aliphatic carbocycles. The number of aromatic nitrogens is 3. The lowest BCUT2D eigenvalue weighted by Gasteiger charge is -2.52. The van der Waals surface area contributed by atoms with Crippen LogP contribution in [0, 0.1) is 12.7 Å². The SMILES string of the molecule is Cc1nc(CO[C@H]2CCOC3(C2)CN(c2ncc(F)cn2)C3)cs1. The van der Waals surface area contributed by atoms with Crippen molar-refractivity contribution >= 4 is 17.3 Å². The quantitative estimate of drug-likeness (QED) is 0.843. The molecular formula is C16H19FN4O2S. The van der Waals surface area contributed by atoms with E-state index in [0.717, 1.165) is 23.5 Å². The van der Waals surface area contributed by atoms with Gasteiger partial charge in [-0.25, -0.2) is 19.3 Å². The van der Waals surface area contributed by atoms with Crippen molar-refractivity contribution in [2.24, 2.45) is 0 Å². The Morgan fingerprint density at radius 2 is 2.21 bits per heavy atom. The summed E-state index contributed by atoms with van der Waals surface area (Å²) >= 11 is 1.64. The molecule has 4 heterocycles. The van der Waals surface area contributed by atoms with Gasteiger partial charge in [0.05, 0.1) is 48.9 Å². The molecule has 2 saturated heterocycles. The molecule has 0 bridgehead atoms. The molecule has 2 aromatic heterocycles. The maximum atomic E-state index is 12.9. The van der Waals surface area contributed by atoms with Crippen LogP contribution in [0.2, 0.25) is 0 Å². The molecule has 2 aliphatic heterocycles. The number of halogens is 1. The minimum Gasteiger partial charge on any atom is -0.372 e. The highest BCUT2D eigenvalue weighted by Gasteiger charge is 2.48. The Kier molecular flexibility index (Phi) is 4.19. The Balaban J connectivity index is 1.31. The summed E-state index contributed by atoms with van der Waals surface area (Å²) in [5.41, 5.74) is 0.798. The average molecular weight is 350 g/mol. The molecule has 1 spiro atoms. The predicted octanol–water partition coefficient (Wildman–Crippen LogP) is 2.34. The standard InChI is InChI=1S/C16H19FN4O2S/c1-11-20-13(8-24-11)7-22-14-2-3-23-16(4-14)9-21(10-16)15-18-5-12(17)6-19-15/h5-6,8,14H,2-4,7,9-10H2,1H3/t14-/m0/s1. The first-order chi connectivity index (χ1) is 11.6. The fraction of sp³-hybridized carbons (Fsp3) is 0.562. The van der Waals surface area contributed by atoms with Crippen molar-refractivity contribution in [3.63, 3.8) is 0 Å². The summed E-state index contributed by atoms with van der Waals surface area (Å²) in [7, 11) is 0. The molecule has 0 N–H and O–H groups in total. The number of aryl methyl sites for hydroxylation is 1. The highest BCUT2D eigenvalue weighted by Crippen LogP contribution is 2.36. The molecule has 2 aliphatic rings. The van der Waals surface area contributed by atoms with Crippen LogP contribution >= 0.6 is 11.3 Å². The smallest absolute Gasteiger partial charge is 0.225 e. The highest BCUT2D eigenvalue weighted by molar-refractivity contribution is 7.09. The zero-order valence-corrected chi connectivity index (χ0v) is 14.3. The van der Waals surface area contributed by atoms with E-state index in [1.165, 1.54) is 12.4 Å². The van der Waals surface area contributed by atoms with Crippen LogP contribution in [0.4, 0.5) is 10.3 Å². The fourth-order valence-electron chi connectivity index (χ4n) is 3.28. The van der Waals surface area contributed by atoms with Crippen LogP contribution in [-0.4, -0.2) is 46.4 Å². The molecule has 0 saturated carbocycles. The summed E-state index contributed by atoms with van der Waals surface area (Å²) in [5.74, 6) is 0.125. The van der Waals surface area contributed by atoms with Gasteiger partial charge >= 0.3 is 0 Å². The van der Waals surface area contributed by atoms with E-state index in [0.29, 0.717) is 32.3 Å². The van der Waals surface area contributed by atoms with Crippen molar-refractivity contribution < 1.29 is 13.9 Å². The molecule has 6 nitrogen and oxygen atoms in total.